The van der Waals surface area contributed by atoms with Gasteiger partial charge in [-0.05, 0) is 25.1 Å². The van der Waals surface area contributed by atoms with Crippen LogP contribution in [0.15, 0.2) is 24.3 Å². The maximum absolute atomic E-state index is 12.5. The molecule has 0 amide bonds. The Hall–Kier alpha value is -1.15. The molecule has 0 aliphatic carbocycles. The average Bonchev–Trinajstić information content (AvgIpc) is 2.25. The minimum atomic E-state index is -0.354. The number of hydrogen-bond acceptors (Lipinski definition) is 2. The number of rotatable bonds is 4. The van der Waals surface area contributed by atoms with E-state index in [1.807, 2.05) is 40.1 Å². The van der Waals surface area contributed by atoms with Crippen LogP contribution in [0.5, 0.6) is 0 Å². The summed E-state index contributed by atoms with van der Waals surface area (Å²) >= 11 is 0. The lowest BCUT2D eigenvalue weighted by Crippen LogP contribution is -2.35. The highest BCUT2D eigenvalue weighted by Crippen LogP contribution is 2.26. The fourth-order valence-electron chi connectivity index (χ4n) is 2.37. The van der Waals surface area contributed by atoms with Gasteiger partial charge < -0.3 is 4.90 Å². The van der Waals surface area contributed by atoms with Crippen molar-refractivity contribution < 1.29 is 4.79 Å². The largest absolute Gasteiger partial charge is 0.308 e. The number of ketones is 1. The number of hydrogen-bond donors (Lipinski definition) is 0. The molecule has 0 N–H and O–H groups in total. The first-order valence-corrected chi connectivity index (χ1v) is 6.84. The Morgan fingerprint density at radius 3 is 1.84 bits per heavy atom. The van der Waals surface area contributed by atoms with Crippen molar-refractivity contribution in [2.45, 2.75) is 40.0 Å². The van der Waals surface area contributed by atoms with E-state index in [1.165, 1.54) is 5.56 Å². The molecule has 1 aromatic rings. The lowest BCUT2D eigenvalue weighted by molar-refractivity contribution is 0.0797. The fourth-order valence-corrected chi connectivity index (χ4v) is 2.37. The molecule has 19 heavy (non-hydrogen) atoms. The molecule has 0 saturated heterocycles. The molecule has 0 bridgehead atoms. The van der Waals surface area contributed by atoms with Gasteiger partial charge in [-0.15, -0.1) is 0 Å². The second-order valence-electron chi connectivity index (χ2n) is 7.28. The maximum atomic E-state index is 12.5. The van der Waals surface area contributed by atoms with Crippen molar-refractivity contribution in [2.75, 3.05) is 20.6 Å². The van der Waals surface area contributed by atoms with Gasteiger partial charge in [0, 0.05) is 17.5 Å². The van der Waals surface area contributed by atoms with Crippen LogP contribution >= 0.6 is 0 Å². The predicted octanol–water partition coefficient (Wildman–Crippen LogP) is 3.75. The van der Waals surface area contributed by atoms with Crippen molar-refractivity contribution in [1.29, 1.82) is 0 Å². The molecule has 1 aromatic carbocycles. The molecule has 0 fully saturated rings. The van der Waals surface area contributed by atoms with E-state index in [0.717, 1.165) is 12.1 Å². The summed E-state index contributed by atoms with van der Waals surface area (Å²) in [7, 11) is 4.00. The van der Waals surface area contributed by atoms with Crippen LogP contribution in [0.4, 0.5) is 0 Å². The van der Waals surface area contributed by atoms with E-state index in [4.69, 9.17) is 0 Å². The number of Topliss-reactive ketones (excluding diaryl/α,β-unsaturated/α-hetero) is 1. The Morgan fingerprint density at radius 2 is 1.47 bits per heavy atom. The molecule has 0 heterocycles. The minimum absolute atomic E-state index is 0.126. The first-order valence-electron chi connectivity index (χ1n) is 6.84. The molecular formula is C17H27NO. The normalized spacial score (nSPS) is 12.8. The highest BCUT2D eigenvalue weighted by molar-refractivity contribution is 6.00. The lowest BCUT2D eigenvalue weighted by Gasteiger charge is -2.27. The minimum Gasteiger partial charge on any atom is -0.308 e. The zero-order chi connectivity index (χ0) is 14.8. The zero-order valence-electron chi connectivity index (χ0n) is 13.4. The van der Waals surface area contributed by atoms with Crippen molar-refractivity contribution >= 4 is 5.78 Å². The molecule has 0 unspecified atom stereocenters. The summed E-state index contributed by atoms with van der Waals surface area (Å²) in [5.74, 6) is 0.210. The molecule has 0 aliphatic heterocycles. The van der Waals surface area contributed by atoms with Gasteiger partial charge in [0.25, 0.3) is 0 Å². The van der Waals surface area contributed by atoms with Gasteiger partial charge in [0.1, 0.15) is 0 Å². The summed E-state index contributed by atoms with van der Waals surface area (Å²) in [5, 5.41) is 0. The first-order chi connectivity index (χ1) is 8.54. The Bertz CT molecular complexity index is 435. The number of benzene rings is 1. The molecule has 1 rings (SSSR count). The quantitative estimate of drug-likeness (QED) is 0.769. The summed E-state index contributed by atoms with van der Waals surface area (Å²) in [6.45, 7) is 11.3. The average molecular weight is 261 g/mol. The van der Waals surface area contributed by atoms with Crippen LogP contribution in [0.2, 0.25) is 0 Å². The summed E-state index contributed by atoms with van der Waals surface area (Å²) in [6.07, 6.45) is 0. The van der Waals surface area contributed by atoms with Crippen molar-refractivity contribution in [3.8, 4) is 0 Å². The van der Waals surface area contributed by atoms with E-state index in [2.05, 4.69) is 37.8 Å². The predicted molar refractivity (Wildman–Crippen MR) is 81.8 cm³/mol. The third-order valence-electron chi connectivity index (χ3n) is 3.34. The van der Waals surface area contributed by atoms with Crippen LogP contribution in [-0.2, 0) is 5.41 Å². The van der Waals surface area contributed by atoms with Gasteiger partial charge in [0.05, 0.1) is 0 Å². The van der Waals surface area contributed by atoms with Crippen molar-refractivity contribution in [2.24, 2.45) is 5.41 Å². The fraction of sp³-hybridized carbons (Fsp3) is 0.588. The number of carbonyl (C=O) groups is 1. The molecule has 2 heteroatoms. The second-order valence-corrected chi connectivity index (χ2v) is 7.28. The highest BCUT2D eigenvalue weighted by atomic mass is 16.1. The van der Waals surface area contributed by atoms with Crippen molar-refractivity contribution in [1.82, 2.24) is 4.90 Å². The molecule has 0 radical (unpaired) electrons. The zero-order valence-corrected chi connectivity index (χ0v) is 13.4. The molecule has 0 saturated carbocycles. The summed E-state index contributed by atoms with van der Waals surface area (Å²) in [4.78, 5) is 14.6. The Balaban J connectivity index is 2.95. The van der Waals surface area contributed by atoms with Crippen LogP contribution < -0.4 is 0 Å². The summed E-state index contributed by atoms with van der Waals surface area (Å²) in [5.41, 5.74) is 1.84. The Labute approximate surface area is 117 Å². The number of carbonyl (C=O) groups excluding carboxylic acids is 1. The molecule has 0 aliphatic rings. The van der Waals surface area contributed by atoms with Crippen LogP contribution in [-0.4, -0.2) is 31.3 Å². The molecule has 0 spiro atoms. The third kappa shape index (κ3) is 4.17. The topological polar surface area (TPSA) is 20.3 Å². The third-order valence-corrected chi connectivity index (χ3v) is 3.34. The van der Waals surface area contributed by atoms with Crippen LogP contribution in [0.3, 0.4) is 0 Å². The first kappa shape index (κ1) is 15.9. The van der Waals surface area contributed by atoms with E-state index < -0.39 is 0 Å². The van der Waals surface area contributed by atoms with E-state index in [0.29, 0.717) is 0 Å². The van der Waals surface area contributed by atoms with Gasteiger partial charge in [0.15, 0.2) is 5.78 Å². The van der Waals surface area contributed by atoms with E-state index >= 15 is 0 Å². The molecule has 2 nitrogen and oxygen atoms in total. The summed E-state index contributed by atoms with van der Waals surface area (Å²) < 4.78 is 0. The van der Waals surface area contributed by atoms with Gasteiger partial charge >= 0.3 is 0 Å². The van der Waals surface area contributed by atoms with Crippen LogP contribution in [0.25, 0.3) is 0 Å². The smallest absolute Gasteiger partial charge is 0.169 e. The molecule has 106 valence electrons. The van der Waals surface area contributed by atoms with E-state index in [9.17, 15) is 4.79 Å². The van der Waals surface area contributed by atoms with Crippen molar-refractivity contribution in [3.05, 3.63) is 35.4 Å². The second kappa shape index (κ2) is 5.46. The standard InChI is InChI=1S/C17H27NO/c1-16(2,3)14-10-8-13(9-11-14)15(19)17(4,5)12-18(6)7/h8-11H,12H2,1-7H3. The SMILES string of the molecule is CN(C)CC(C)(C)C(=O)c1ccc(C(C)(C)C)cc1. The van der Waals surface area contributed by atoms with Gasteiger partial charge in [-0.2, -0.15) is 0 Å². The van der Waals surface area contributed by atoms with Gasteiger partial charge in [0.2, 0.25) is 0 Å². The molecule has 0 atom stereocenters. The Morgan fingerprint density at radius 1 is 1.00 bits per heavy atom. The lowest BCUT2D eigenvalue weighted by atomic mass is 9.82. The van der Waals surface area contributed by atoms with Crippen molar-refractivity contribution in [3.63, 3.8) is 0 Å². The van der Waals surface area contributed by atoms with Crippen LogP contribution in [0.1, 0.15) is 50.5 Å². The molecule has 0 aromatic heterocycles. The maximum Gasteiger partial charge on any atom is 0.169 e. The molecular weight excluding hydrogens is 234 g/mol. The van der Waals surface area contributed by atoms with E-state index in [1.54, 1.807) is 0 Å². The monoisotopic (exact) mass is 261 g/mol. The summed E-state index contributed by atoms with van der Waals surface area (Å²) in [6, 6.07) is 8.05. The highest BCUT2D eigenvalue weighted by Gasteiger charge is 2.29. The Kier molecular flexibility index (Phi) is 4.57. The van der Waals surface area contributed by atoms with E-state index in [-0.39, 0.29) is 16.6 Å². The van der Waals surface area contributed by atoms with Gasteiger partial charge in [-0.1, -0.05) is 58.9 Å². The van der Waals surface area contributed by atoms with Gasteiger partial charge in [-0.25, -0.2) is 0 Å². The van der Waals surface area contributed by atoms with Gasteiger partial charge in [-0.3, -0.25) is 4.79 Å². The van der Waals surface area contributed by atoms with Crippen LogP contribution in [0, 0.1) is 5.41 Å². The number of nitrogens with zero attached hydrogens (tertiary/aromatic N) is 1.